The van der Waals surface area contributed by atoms with E-state index in [0.717, 1.165) is 0 Å². The van der Waals surface area contributed by atoms with Crippen molar-refractivity contribution < 1.29 is 0 Å². The maximum absolute atomic E-state index is 2.41. The third-order valence-corrected chi connectivity index (χ3v) is 3.88. The zero-order chi connectivity index (χ0) is 12.4. The average molecular weight is 234 g/mol. The summed E-state index contributed by atoms with van der Waals surface area (Å²) < 4.78 is 0. The molecule has 0 nitrogen and oxygen atoms in total. The number of hydrogen-bond donors (Lipinski definition) is 0. The van der Waals surface area contributed by atoms with Crippen LogP contribution < -0.4 is 0 Å². The van der Waals surface area contributed by atoms with Crippen molar-refractivity contribution in [2.75, 3.05) is 0 Å². The van der Waals surface area contributed by atoms with Crippen LogP contribution in [0, 0.1) is 5.92 Å². The molecule has 0 spiro atoms. The van der Waals surface area contributed by atoms with Crippen LogP contribution in [-0.2, 0) is 0 Å². The van der Waals surface area contributed by atoms with Gasteiger partial charge in [0, 0.05) is 5.92 Å². The Labute approximate surface area is 109 Å². The van der Waals surface area contributed by atoms with Crippen LogP contribution >= 0.6 is 0 Å². The van der Waals surface area contributed by atoms with Gasteiger partial charge in [-0.3, -0.25) is 0 Å². The lowest BCUT2D eigenvalue weighted by molar-refractivity contribution is 0.571. The minimum Gasteiger partial charge on any atom is -0.0798 e. The number of allylic oxidation sites excluding steroid dienone is 2. The molecule has 0 amide bonds. The summed E-state index contributed by atoms with van der Waals surface area (Å²) in [5, 5.41) is 0. The summed E-state index contributed by atoms with van der Waals surface area (Å²) in [6, 6.07) is 21.7. The average Bonchev–Trinajstić information content (AvgIpc) is 2.83. The Morgan fingerprint density at radius 2 is 1.44 bits per heavy atom. The molecule has 0 saturated carbocycles. The van der Waals surface area contributed by atoms with Crippen molar-refractivity contribution in [2.24, 2.45) is 5.92 Å². The van der Waals surface area contributed by atoms with Crippen molar-refractivity contribution in [3.8, 4) is 0 Å². The zero-order valence-electron chi connectivity index (χ0n) is 10.7. The normalized spacial score (nSPS) is 22.8. The van der Waals surface area contributed by atoms with Gasteiger partial charge in [0.15, 0.2) is 0 Å². The Morgan fingerprint density at radius 1 is 0.833 bits per heavy atom. The summed E-state index contributed by atoms with van der Waals surface area (Å²) in [5.74, 6) is 1.25. The lowest BCUT2D eigenvalue weighted by Gasteiger charge is -2.21. The van der Waals surface area contributed by atoms with Gasteiger partial charge in [0.2, 0.25) is 0 Å². The van der Waals surface area contributed by atoms with Crippen molar-refractivity contribution in [2.45, 2.75) is 19.3 Å². The molecule has 0 bridgehead atoms. The summed E-state index contributed by atoms with van der Waals surface area (Å²) in [6.45, 7) is 2.35. The highest BCUT2D eigenvalue weighted by molar-refractivity contribution is 5.73. The predicted octanol–water partition coefficient (Wildman–Crippen LogP) is 4.89. The minimum absolute atomic E-state index is 0.550. The Morgan fingerprint density at radius 3 is 2.11 bits per heavy atom. The van der Waals surface area contributed by atoms with Gasteiger partial charge in [-0.25, -0.2) is 0 Å². The highest BCUT2D eigenvalue weighted by atomic mass is 14.3. The Hall–Kier alpha value is -1.82. The second-order valence-electron chi connectivity index (χ2n) is 5.13. The highest BCUT2D eigenvalue weighted by Crippen LogP contribution is 2.44. The highest BCUT2D eigenvalue weighted by Gasteiger charge is 2.28. The quantitative estimate of drug-likeness (QED) is 0.693. The zero-order valence-corrected chi connectivity index (χ0v) is 10.7. The van der Waals surface area contributed by atoms with Gasteiger partial charge in [-0.2, -0.15) is 0 Å². The molecular formula is C18H18. The molecule has 3 rings (SSSR count). The molecule has 0 radical (unpaired) electrons. The standard InChI is InChI=1S/C18H18/c1-14-12-13-17(15-8-4-2-5-9-15)18(14)16-10-6-3-7-11-16/h2-11,13-14,18H,12H2,1H3/t14-,18-/m1/s1. The summed E-state index contributed by atoms with van der Waals surface area (Å²) in [4.78, 5) is 0. The molecule has 2 atom stereocenters. The summed E-state index contributed by atoms with van der Waals surface area (Å²) in [5.41, 5.74) is 4.31. The maximum Gasteiger partial charge on any atom is 0.0121 e. The number of benzene rings is 2. The molecule has 2 aromatic rings. The van der Waals surface area contributed by atoms with Gasteiger partial charge in [-0.15, -0.1) is 0 Å². The lowest BCUT2D eigenvalue weighted by atomic mass is 9.83. The Balaban J connectivity index is 2.00. The molecule has 0 heterocycles. The summed E-state index contributed by atoms with van der Waals surface area (Å²) >= 11 is 0. The van der Waals surface area contributed by atoms with Gasteiger partial charge in [-0.05, 0) is 29.0 Å². The van der Waals surface area contributed by atoms with Crippen LogP contribution in [0.2, 0.25) is 0 Å². The Kier molecular flexibility index (Phi) is 3.02. The second-order valence-corrected chi connectivity index (χ2v) is 5.13. The van der Waals surface area contributed by atoms with Crippen molar-refractivity contribution >= 4 is 5.57 Å². The summed E-state index contributed by atoms with van der Waals surface area (Å²) in [7, 11) is 0. The first kappa shape index (κ1) is 11.3. The second kappa shape index (κ2) is 4.81. The van der Waals surface area contributed by atoms with Gasteiger partial charge in [-0.1, -0.05) is 73.7 Å². The van der Waals surface area contributed by atoms with Crippen molar-refractivity contribution in [3.63, 3.8) is 0 Å². The van der Waals surface area contributed by atoms with Gasteiger partial charge in [0.05, 0.1) is 0 Å². The van der Waals surface area contributed by atoms with Gasteiger partial charge >= 0.3 is 0 Å². The first-order valence-electron chi connectivity index (χ1n) is 6.66. The molecule has 2 aromatic carbocycles. The van der Waals surface area contributed by atoms with Crippen LogP contribution in [0.25, 0.3) is 5.57 Å². The van der Waals surface area contributed by atoms with E-state index in [0.29, 0.717) is 11.8 Å². The fourth-order valence-corrected chi connectivity index (χ4v) is 2.98. The van der Waals surface area contributed by atoms with Crippen LogP contribution in [0.1, 0.15) is 30.4 Å². The monoisotopic (exact) mass is 234 g/mol. The first-order valence-corrected chi connectivity index (χ1v) is 6.66. The molecule has 0 saturated heterocycles. The van der Waals surface area contributed by atoms with E-state index in [1.165, 1.54) is 23.1 Å². The molecule has 0 unspecified atom stereocenters. The van der Waals surface area contributed by atoms with E-state index in [2.05, 4.69) is 73.7 Å². The lowest BCUT2D eigenvalue weighted by Crippen LogP contribution is -2.05. The van der Waals surface area contributed by atoms with Crippen molar-refractivity contribution in [3.05, 3.63) is 77.9 Å². The van der Waals surface area contributed by atoms with E-state index in [4.69, 9.17) is 0 Å². The van der Waals surface area contributed by atoms with Gasteiger partial charge < -0.3 is 0 Å². The molecule has 1 aliphatic carbocycles. The van der Waals surface area contributed by atoms with Crippen LogP contribution in [-0.4, -0.2) is 0 Å². The fraction of sp³-hybridized carbons (Fsp3) is 0.222. The smallest absolute Gasteiger partial charge is 0.0121 e. The minimum atomic E-state index is 0.550. The van der Waals surface area contributed by atoms with Crippen LogP contribution in [0.15, 0.2) is 66.7 Å². The van der Waals surface area contributed by atoms with E-state index in [9.17, 15) is 0 Å². The van der Waals surface area contributed by atoms with Gasteiger partial charge in [0.1, 0.15) is 0 Å². The summed E-state index contributed by atoms with van der Waals surface area (Å²) in [6.07, 6.45) is 3.60. The molecule has 0 N–H and O–H groups in total. The van der Waals surface area contributed by atoms with E-state index in [-0.39, 0.29) is 0 Å². The number of rotatable bonds is 2. The maximum atomic E-state index is 2.41. The third kappa shape index (κ3) is 1.99. The van der Waals surface area contributed by atoms with E-state index >= 15 is 0 Å². The van der Waals surface area contributed by atoms with Crippen LogP contribution in [0.5, 0.6) is 0 Å². The van der Waals surface area contributed by atoms with E-state index in [1.807, 2.05) is 0 Å². The van der Waals surface area contributed by atoms with E-state index in [1.54, 1.807) is 0 Å². The molecule has 1 aliphatic rings. The first-order chi connectivity index (χ1) is 8.86. The topological polar surface area (TPSA) is 0 Å². The molecule has 0 aliphatic heterocycles. The molecular weight excluding hydrogens is 216 g/mol. The molecule has 0 heteroatoms. The van der Waals surface area contributed by atoms with Crippen molar-refractivity contribution in [1.82, 2.24) is 0 Å². The third-order valence-electron chi connectivity index (χ3n) is 3.88. The predicted molar refractivity (Wildman–Crippen MR) is 77.4 cm³/mol. The van der Waals surface area contributed by atoms with Crippen molar-refractivity contribution in [1.29, 1.82) is 0 Å². The van der Waals surface area contributed by atoms with Crippen LogP contribution in [0.4, 0.5) is 0 Å². The molecule has 90 valence electrons. The van der Waals surface area contributed by atoms with E-state index < -0.39 is 0 Å². The SMILES string of the molecule is C[C@@H]1CC=C(c2ccccc2)[C@H]1c1ccccc1. The Bertz CT molecular complexity index is 537. The molecule has 0 aromatic heterocycles. The van der Waals surface area contributed by atoms with Crippen LogP contribution in [0.3, 0.4) is 0 Å². The fourth-order valence-electron chi connectivity index (χ4n) is 2.98. The van der Waals surface area contributed by atoms with Gasteiger partial charge in [0.25, 0.3) is 0 Å². The number of hydrogen-bond acceptors (Lipinski definition) is 0. The molecule has 0 fully saturated rings. The molecule has 18 heavy (non-hydrogen) atoms. The largest absolute Gasteiger partial charge is 0.0798 e.